The second-order valence-electron chi connectivity index (χ2n) is 4.87. The number of pyridine rings is 1. The Morgan fingerprint density at radius 3 is 2.55 bits per heavy atom. The fourth-order valence-corrected chi connectivity index (χ4v) is 2.42. The van der Waals surface area contributed by atoms with Crippen LogP contribution in [-0.4, -0.2) is 14.5 Å². The van der Waals surface area contributed by atoms with Gasteiger partial charge in [-0.15, -0.1) is 0 Å². The Kier molecular flexibility index (Phi) is 2.82. The zero-order valence-electron chi connectivity index (χ0n) is 11.7. The normalized spacial score (nSPS) is 10.9. The van der Waals surface area contributed by atoms with Crippen LogP contribution in [-0.2, 0) is 7.05 Å². The van der Waals surface area contributed by atoms with Crippen molar-refractivity contribution in [3.05, 3.63) is 58.1 Å². The molecule has 5 nitrogen and oxygen atoms in total. The van der Waals surface area contributed by atoms with E-state index >= 15 is 0 Å². The van der Waals surface area contributed by atoms with Crippen LogP contribution in [0.3, 0.4) is 0 Å². The molecule has 0 bridgehead atoms. The molecule has 0 radical (unpaired) electrons. The van der Waals surface area contributed by atoms with Gasteiger partial charge in [0.15, 0.2) is 0 Å². The zero-order valence-corrected chi connectivity index (χ0v) is 11.7. The molecular formula is C15H16N4O. The minimum Gasteiger partial charge on any atom is -0.291 e. The Hall–Kier alpha value is -2.56. The van der Waals surface area contributed by atoms with Crippen molar-refractivity contribution in [2.75, 3.05) is 5.43 Å². The summed E-state index contributed by atoms with van der Waals surface area (Å²) < 4.78 is 3.30. The van der Waals surface area contributed by atoms with E-state index in [9.17, 15) is 4.79 Å². The summed E-state index contributed by atoms with van der Waals surface area (Å²) in [5.41, 5.74) is 6.38. The Morgan fingerprint density at radius 2 is 1.85 bits per heavy atom. The molecule has 0 fully saturated rings. The van der Waals surface area contributed by atoms with Crippen molar-refractivity contribution < 1.29 is 0 Å². The van der Waals surface area contributed by atoms with Gasteiger partial charge in [0.1, 0.15) is 0 Å². The van der Waals surface area contributed by atoms with Crippen molar-refractivity contribution in [2.45, 2.75) is 13.8 Å². The van der Waals surface area contributed by atoms with Crippen LogP contribution in [0.2, 0.25) is 0 Å². The molecular weight excluding hydrogens is 252 g/mol. The molecule has 3 rings (SSSR count). The number of anilines is 1. The first-order chi connectivity index (χ1) is 9.58. The second-order valence-corrected chi connectivity index (χ2v) is 4.87. The smallest absolute Gasteiger partial charge is 0.280 e. The minimum absolute atomic E-state index is 0.0746. The van der Waals surface area contributed by atoms with Gasteiger partial charge in [-0.1, -0.05) is 18.2 Å². The van der Waals surface area contributed by atoms with Gasteiger partial charge in [0.25, 0.3) is 5.56 Å². The molecule has 0 amide bonds. The van der Waals surface area contributed by atoms with Crippen LogP contribution in [0, 0.1) is 13.8 Å². The lowest BCUT2D eigenvalue weighted by Gasteiger charge is -2.13. The van der Waals surface area contributed by atoms with E-state index in [0.29, 0.717) is 5.39 Å². The molecule has 0 spiro atoms. The Morgan fingerprint density at radius 1 is 1.15 bits per heavy atom. The van der Waals surface area contributed by atoms with Crippen molar-refractivity contribution in [1.82, 2.24) is 14.5 Å². The van der Waals surface area contributed by atoms with E-state index in [1.807, 2.05) is 57.3 Å². The third kappa shape index (κ3) is 1.87. The summed E-state index contributed by atoms with van der Waals surface area (Å²) in [5.74, 6) is 0. The van der Waals surface area contributed by atoms with E-state index < -0.39 is 0 Å². The highest BCUT2D eigenvalue weighted by Gasteiger charge is 2.13. The summed E-state index contributed by atoms with van der Waals surface area (Å²) in [5, 5.41) is 4.97. The number of aromatic nitrogens is 3. The predicted molar refractivity (Wildman–Crippen MR) is 79.9 cm³/mol. The number of rotatable bonds is 2. The quantitative estimate of drug-likeness (QED) is 0.775. The van der Waals surface area contributed by atoms with Gasteiger partial charge in [0.2, 0.25) is 0 Å². The molecule has 0 aliphatic heterocycles. The molecule has 0 atom stereocenters. The molecule has 5 heteroatoms. The standard InChI is InChI=1S/C15H16N4O/c1-10-9-13-14(11(2)16-18(13)3)15(20)19(10)17-12-7-5-4-6-8-12/h4-9,17H,1-3H3. The fraction of sp³-hybridized carbons (Fsp3) is 0.200. The van der Waals surface area contributed by atoms with Crippen molar-refractivity contribution in [2.24, 2.45) is 7.05 Å². The number of benzene rings is 1. The number of nitrogens with one attached hydrogen (secondary N) is 1. The molecule has 2 aromatic heterocycles. The monoisotopic (exact) mass is 268 g/mol. The van der Waals surface area contributed by atoms with Gasteiger partial charge >= 0.3 is 0 Å². The maximum absolute atomic E-state index is 12.6. The topological polar surface area (TPSA) is 51.9 Å². The first-order valence-electron chi connectivity index (χ1n) is 6.46. The predicted octanol–water partition coefficient (Wildman–Crippen LogP) is 2.23. The van der Waals surface area contributed by atoms with Gasteiger partial charge in [0.05, 0.1) is 22.3 Å². The maximum atomic E-state index is 12.6. The van der Waals surface area contributed by atoms with Gasteiger partial charge in [-0.2, -0.15) is 5.10 Å². The average Bonchev–Trinajstić information content (AvgIpc) is 2.70. The summed E-state index contributed by atoms with van der Waals surface area (Å²) in [6.07, 6.45) is 0. The largest absolute Gasteiger partial charge is 0.291 e. The number of para-hydroxylation sites is 1. The molecule has 3 aromatic rings. The van der Waals surface area contributed by atoms with Crippen molar-refractivity contribution in [1.29, 1.82) is 0 Å². The average molecular weight is 268 g/mol. The van der Waals surface area contributed by atoms with Crippen LogP contribution in [0.15, 0.2) is 41.2 Å². The number of aryl methyl sites for hydroxylation is 3. The highest BCUT2D eigenvalue weighted by atomic mass is 16.1. The minimum atomic E-state index is -0.0746. The Balaban J connectivity index is 2.21. The Labute approximate surface area is 116 Å². The third-order valence-electron chi connectivity index (χ3n) is 3.40. The van der Waals surface area contributed by atoms with Crippen molar-refractivity contribution >= 4 is 16.6 Å². The molecule has 1 aromatic carbocycles. The van der Waals surface area contributed by atoms with E-state index in [1.165, 1.54) is 0 Å². The van der Waals surface area contributed by atoms with Gasteiger partial charge < -0.3 is 0 Å². The van der Waals surface area contributed by atoms with Gasteiger partial charge in [-0.05, 0) is 32.0 Å². The summed E-state index contributed by atoms with van der Waals surface area (Å²) >= 11 is 0. The van der Waals surface area contributed by atoms with E-state index in [4.69, 9.17) is 0 Å². The lowest BCUT2D eigenvalue weighted by atomic mass is 10.2. The number of hydrogen-bond donors (Lipinski definition) is 1. The molecule has 2 heterocycles. The summed E-state index contributed by atoms with van der Waals surface area (Å²) in [6, 6.07) is 11.6. The lowest BCUT2D eigenvalue weighted by Crippen LogP contribution is -2.28. The number of fused-ring (bicyclic) bond motifs is 1. The second kappa shape index (κ2) is 4.52. The van der Waals surface area contributed by atoms with Crippen LogP contribution in [0.5, 0.6) is 0 Å². The molecule has 1 N–H and O–H groups in total. The number of nitrogens with zero attached hydrogens (tertiary/aromatic N) is 3. The summed E-state index contributed by atoms with van der Waals surface area (Å²) in [4.78, 5) is 12.6. The molecule has 0 saturated carbocycles. The highest BCUT2D eigenvalue weighted by Crippen LogP contribution is 2.15. The third-order valence-corrected chi connectivity index (χ3v) is 3.40. The first kappa shape index (κ1) is 12.5. The zero-order chi connectivity index (χ0) is 14.3. The molecule has 0 saturated heterocycles. The maximum Gasteiger partial charge on any atom is 0.280 e. The van der Waals surface area contributed by atoms with Crippen molar-refractivity contribution in [3.63, 3.8) is 0 Å². The molecule has 102 valence electrons. The number of hydrogen-bond acceptors (Lipinski definition) is 3. The van der Waals surface area contributed by atoms with E-state index in [-0.39, 0.29) is 5.56 Å². The Bertz CT molecular complexity index is 830. The van der Waals surface area contributed by atoms with E-state index in [2.05, 4.69) is 10.5 Å². The van der Waals surface area contributed by atoms with Crippen molar-refractivity contribution in [3.8, 4) is 0 Å². The SMILES string of the molecule is Cc1nn(C)c2cc(C)n(Nc3ccccc3)c(=O)c12. The summed E-state index contributed by atoms with van der Waals surface area (Å²) in [6.45, 7) is 3.75. The van der Waals surface area contributed by atoms with Gasteiger partial charge in [-0.3, -0.25) is 14.9 Å². The fourth-order valence-electron chi connectivity index (χ4n) is 2.42. The molecule has 0 aliphatic carbocycles. The van der Waals surface area contributed by atoms with E-state index in [0.717, 1.165) is 22.6 Å². The van der Waals surface area contributed by atoms with Gasteiger partial charge in [0, 0.05) is 12.7 Å². The van der Waals surface area contributed by atoms with Crippen LogP contribution in [0.25, 0.3) is 10.9 Å². The lowest BCUT2D eigenvalue weighted by molar-refractivity contribution is 0.781. The van der Waals surface area contributed by atoms with E-state index in [1.54, 1.807) is 9.36 Å². The van der Waals surface area contributed by atoms with Crippen LogP contribution in [0.4, 0.5) is 5.69 Å². The first-order valence-corrected chi connectivity index (χ1v) is 6.46. The van der Waals surface area contributed by atoms with Crippen LogP contribution < -0.4 is 11.0 Å². The molecule has 0 unspecified atom stereocenters. The van der Waals surface area contributed by atoms with Crippen LogP contribution in [0.1, 0.15) is 11.4 Å². The molecule has 0 aliphatic rings. The van der Waals surface area contributed by atoms with Gasteiger partial charge in [-0.25, -0.2) is 4.68 Å². The highest BCUT2D eigenvalue weighted by molar-refractivity contribution is 5.81. The molecule has 20 heavy (non-hydrogen) atoms. The summed E-state index contributed by atoms with van der Waals surface area (Å²) in [7, 11) is 1.85. The van der Waals surface area contributed by atoms with Crippen LogP contribution >= 0.6 is 0 Å².